The highest BCUT2D eigenvalue weighted by molar-refractivity contribution is 5.68. The molecular weight excluding hydrogens is 272 g/mol. The Morgan fingerprint density at radius 1 is 1.38 bits per heavy atom. The van der Waals surface area contributed by atoms with Gasteiger partial charge in [-0.05, 0) is 46.1 Å². The Labute approximate surface area is 127 Å². The largest absolute Gasteiger partial charge is 0.444 e. The van der Waals surface area contributed by atoms with Gasteiger partial charge in [-0.1, -0.05) is 0 Å². The summed E-state index contributed by atoms with van der Waals surface area (Å²) in [5.41, 5.74) is -0.438. The van der Waals surface area contributed by atoms with Crippen LogP contribution in [0.15, 0.2) is 0 Å². The van der Waals surface area contributed by atoms with Crippen LogP contribution in [0.1, 0.15) is 33.6 Å². The lowest BCUT2D eigenvalue weighted by molar-refractivity contribution is 0.0182. The number of aliphatic hydroxyl groups excluding tert-OH is 1. The molecule has 1 amide bonds. The average molecular weight is 302 g/mol. The number of piperidine rings is 1. The number of aliphatic hydroxyl groups is 1. The normalized spacial score (nSPS) is 18.6. The predicted octanol–water partition coefficient (Wildman–Crippen LogP) is 1.23. The number of carbonyl (C=O) groups excluding carboxylic acids is 1. The monoisotopic (exact) mass is 302 g/mol. The molecule has 1 heterocycles. The molecule has 6 nitrogen and oxygen atoms in total. The quantitative estimate of drug-likeness (QED) is 0.772. The van der Waals surface area contributed by atoms with Gasteiger partial charge in [0, 0.05) is 26.7 Å². The van der Waals surface area contributed by atoms with Crippen LogP contribution in [0.25, 0.3) is 0 Å². The van der Waals surface area contributed by atoms with E-state index in [1.54, 1.807) is 12.0 Å². The van der Waals surface area contributed by atoms with Crippen molar-refractivity contribution in [3.05, 3.63) is 0 Å². The van der Waals surface area contributed by atoms with Crippen LogP contribution in [0.2, 0.25) is 0 Å². The molecule has 1 rings (SSSR count). The van der Waals surface area contributed by atoms with Crippen LogP contribution in [0.5, 0.6) is 0 Å². The van der Waals surface area contributed by atoms with Crippen LogP contribution in [-0.2, 0) is 9.47 Å². The van der Waals surface area contributed by atoms with Gasteiger partial charge < -0.3 is 24.8 Å². The molecule has 0 aromatic carbocycles. The molecule has 2 N–H and O–H groups in total. The highest BCUT2D eigenvalue weighted by atomic mass is 16.6. The Morgan fingerprint density at radius 2 is 2.00 bits per heavy atom. The third-order valence-electron chi connectivity index (χ3n) is 3.44. The fourth-order valence-corrected chi connectivity index (χ4v) is 2.35. The van der Waals surface area contributed by atoms with Gasteiger partial charge in [-0.2, -0.15) is 0 Å². The summed E-state index contributed by atoms with van der Waals surface area (Å²) in [6, 6.07) is 0. The molecule has 1 saturated heterocycles. The summed E-state index contributed by atoms with van der Waals surface area (Å²) < 4.78 is 10.3. The summed E-state index contributed by atoms with van der Waals surface area (Å²) in [4.78, 5) is 13.7. The molecule has 1 atom stereocenters. The smallest absolute Gasteiger partial charge is 0.410 e. The van der Waals surface area contributed by atoms with E-state index in [2.05, 4.69) is 5.32 Å². The van der Waals surface area contributed by atoms with Crippen LogP contribution >= 0.6 is 0 Å². The molecule has 0 bridgehead atoms. The Balaban J connectivity index is 2.19. The molecule has 0 spiro atoms. The minimum atomic E-state index is -0.461. The van der Waals surface area contributed by atoms with Crippen molar-refractivity contribution in [2.75, 3.05) is 39.9 Å². The van der Waals surface area contributed by atoms with Gasteiger partial charge >= 0.3 is 6.09 Å². The van der Waals surface area contributed by atoms with E-state index < -0.39 is 11.7 Å². The topological polar surface area (TPSA) is 71.0 Å². The number of ether oxygens (including phenoxy) is 2. The van der Waals surface area contributed by atoms with Gasteiger partial charge in [0.05, 0.1) is 12.7 Å². The number of amides is 1. The first kappa shape index (κ1) is 18.2. The van der Waals surface area contributed by atoms with Crippen molar-refractivity contribution < 1.29 is 19.4 Å². The van der Waals surface area contributed by atoms with Gasteiger partial charge in [0.25, 0.3) is 0 Å². The minimum absolute atomic E-state index is 0.218. The van der Waals surface area contributed by atoms with Crippen LogP contribution in [0.4, 0.5) is 4.79 Å². The summed E-state index contributed by atoms with van der Waals surface area (Å²) in [6.07, 6.45) is 1.25. The number of nitrogens with one attached hydrogen (secondary N) is 1. The van der Waals surface area contributed by atoms with Gasteiger partial charge in [0.2, 0.25) is 0 Å². The number of carbonyl (C=O) groups is 1. The molecule has 1 fully saturated rings. The Kier molecular flexibility index (Phi) is 7.42. The lowest BCUT2D eigenvalue weighted by atomic mass is 9.97. The van der Waals surface area contributed by atoms with Gasteiger partial charge in [-0.3, -0.25) is 0 Å². The first-order valence-corrected chi connectivity index (χ1v) is 7.67. The van der Waals surface area contributed by atoms with E-state index >= 15 is 0 Å². The highest BCUT2D eigenvalue weighted by Crippen LogP contribution is 2.19. The molecule has 0 saturated carbocycles. The van der Waals surface area contributed by atoms with E-state index in [0.29, 0.717) is 19.1 Å². The molecule has 21 heavy (non-hydrogen) atoms. The number of hydrogen-bond acceptors (Lipinski definition) is 5. The van der Waals surface area contributed by atoms with Crippen LogP contribution in [0, 0.1) is 5.92 Å². The van der Waals surface area contributed by atoms with Crippen molar-refractivity contribution in [3.63, 3.8) is 0 Å². The molecule has 124 valence electrons. The van der Waals surface area contributed by atoms with E-state index in [1.807, 2.05) is 20.8 Å². The Morgan fingerprint density at radius 3 is 2.52 bits per heavy atom. The average Bonchev–Trinajstić information content (AvgIpc) is 2.38. The molecular formula is C15H30N2O4. The molecule has 1 aliphatic rings. The van der Waals surface area contributed by atoms with Crippen molar-refractivity contribution >= 4 is 6.09 Å². The second-order valence-corrected chi connectivity index (χ2v) is 6.68. The molecule has 0 aromatic rings. The fourth-order valence-electron chi connectivity index (χ4n) is 2.35. The van der Waals surface area contributed by atoms with E-state index in [4.69, 9.17) is 9.47 Å². The number of nitrogens with zero attached hydrogens (tertiary/aromatic N) is 1. The maximum Gasteiger partial charge on any atom is 0.410 e. The standard InChI is InChI=1S/C15H30N2O4/c1-15(2,3)21-14(19)17-7-5-12(6-8-17)9-16-10-13(18)11-20-4/h12-13,16,18H,5-11H2,1-4H3. The van der Waals surface area contributed by atoms with E-state index in [1.165, 1.54) is 0 Å². The van der Waals surface area contributed by atoms with Crippen LogP contribution in [-0.4, -0.2) is 67.7 Å². The fraction of sp³-hybridized carbons (Fsp3) is 0.933. The minimum Gasteiger partial charge on any atom is -0.444 e. The zero-order valence-corrected chi connectivity index (χ0v) is 13.7. The highest BCUT2D eigenvalue weighted by Gasteiger charge is 2.26. The van der Waals surface area contributed by atoms with E-state index in [9.17, 15) is 9.90 Å². The molecule has 1 aliphatic heterocycles. The van der Waals surface area contributed by atoms with Gasteiger partial charge in [0.15, 0.2) is 0 Å². The maximum atomic E-state index is 11.9. The third kappa shape index (κ3) is 7.64. The third-order valence-corrected chi connectivity index (χ3v) is 3.44. The molecule has 1 unspecified atom stereocenters. The molecule has 6 heteroatoms. The maximum absolute atomic E-state index is 11.9. The van der Waals surface area contributed by atoms with Gasteiger partial charge in [0.1, 0.15) is 5.60 Å². The van der Waals surface area contributed by atoms with Crippen molar-refractivity contribution in [1.29, 1.82) is 0 Å². The van der Waals surface area contributed by atoms with Crippen molar-refractivity contribution in [1.82, 2.24) is 10.2 Å². The van der Waals surface area contributed by atoms with Crippen molar-refractivity contribution in [3.8, 4) is 0 Å². The zero-order chi connectivity index (χ0) is 15.9. The van der Waals surface area contributed by atoms with E-state index in [-0.39, 0.29) is 6.09 Å². The van der Waals surface area contributed by atoms with Crippen molar-refractivity contribution in [2.24, 2.45) is 5.92 Å². The second kappa shape index (κ2) is 8.56. The molecule has 0 radical (unpaired) electrons. The summed E-state index contributed by atoms with van der Waals surface area (Å²) in [5.74, 6) is 0.540. The van der Waals surface area contributed by atoms with Crippen LogP contribution in [0.3, 0.4) is 0 Å². The van der Waals surface area contributed by atoms with Gasteiger partial charge in [-0.15, -0.1) is 0 Å². The SMILES string of the molecule is COCC(O)CNCC1CCN(C(=O)OC(C)(C)C)CC1. The van der Waals surface area contributed by atoms with Gasteiger partial charge in [-0.25, -0.2) is 4.79 Å². The summed E-state index contributed by atoms with van der Waals surface area (Å²) >= 11 is 0. The number of hydrogen-bond donors (Lipinski definition) is 2. The Hall–Kier alpha value is -0.850. The number of likely N-dealkylation sites (tertiary alicyclic amines) is 1. The summed E-state index contributed by atoms with van der Waals surface area (Å²) in [6.45, 7) is 8.88. The lowest BCUT2D eigenvalue weighted by Gasteiger charge is -2.33. The summed E-state index contributed by atoms with van der Waals surface area (Å²) in [7, 11) is 1.58. The van der Waals surface area contributed by atoms with Crippen LogP contribution < -0.4 is 5.32 Å². The number of rotatable bonds is 6. The molecule has 0 aliphatic carbocycles. The van der Waals surface area contributed by atoms with Crippen molar-refractivity contribution in [2.45, 2.75) is 45.3 Å². The first-order chi connectivity index (χ1) is 9.81. The predicted molar refractivity (Wildman–Crippen MR) is 81.3 cm³/mol. The molecule has 0 aromatic heterocycles. The first-order valence-electron chi connectivity index (χ1n) is 7.67. The summed E-state index contributed by atoms with van der Waals surface area (Å²) in [5, 5.41) is 12.8. The van der Waals surface area contributed by atoms with E-state index in [0.717, 1.165) is 32.5 Å². The second-order valence-electron chi connectivity index (χ2n) is 6.68. The zero-order valence-electron chi connectivity index (χ0n) is 13.7. The lowest BCUT2D eigenvalue weighted by Crippen LogP contribution is -2.43. The Bertz CT molecular complexity index is 309. The number of methoxy groups -OCH3 is 1.